The molecule has 5 rings (SSSR count). The number of anilines is 3. The van der Waals surface area contributed by atoms with E-state index in [1.807, 2.05) is 6.92 Å². The molecule has 2 heterocycles. The number of alkyl halides is 6. The Hall–Kier alpha value is -3.35. The molecular weight excluding hydrogens is 592 g/mol. The number of ether oxygens (including phenoxy) is 1. The zero-order valence-electron chi connectivity index (χ0n) is 23.5. The first kappa shape index (κ1) is 31.1. The van der Waals surface area contributed by atoms with Gasteiger partial charge in [-0.3, -0.25) is 0 Å². The number of rotatable bonds is 8. The maximum atomic E-state index is 12.8. The highest BCUT2D eigenvalue weighted by Gasteiger charge is 2.31. The minimum absolute atomic E-state index is 0.00346. The van der Waals surface area contributed by atoms with Gasteiger partial charge in [0.25, 0.3) is 0 Å². The number of aromatic nitrogens is 2. The lowest BCUT2D eigenvalue weighted by Crippen LogP contribution is -2.40. The maximum absolute atomic E-state index is 12.8. The Morgan fingerprint density at radius 3 is 1.88 bits per heavy atom. The van der Waals surface area contributed by atoms with Crippen molar-refractivity contribution < 1.29 is 31.1 Å². The molecule has 3 aromatic rings. The largest absolute Gasteiger partial charge is 0.474 e. The van der Waals surface area contributed by atoms with Crippen LogP contribution in [-0.2, 0) is 6.18 Å². The quantitative estimate of drug-likeness (QED) is 0.193. The topological polar surface area (TPSA) is 62.3 Å². The molecule has 0 bridgehead atoms. The second kappa shape index (κ2) is 13.1. The van der Waals surface area contributed by atoms with Crippen molar-refractivity contribution in [2.45, 2.75) is 80.2 Å². The van der Waals surface area contributed by atoms with Crippen LogP contribution in [0.1, 0.15) is 49.7 Å². The van der Waals surface area contributed by atoms with Gasteiger partial charge >= 0.3 is 11.7 Å². The normalized spacial score (nSPS) is 20.1. The Morgan fingerprint density at radius 1 is 0.767 bits per heavy atom. The minimum atomic E-state index is -4.35. The SMILES string of the molecule is Cc1c(OC2CCC(Nc3ccc(SC(F)(F)F)cc3)CC2)ncnc1N1CCC(Nc2ccc(C(F)(F)F)cc2)CC1. The Balaban J connectivity index is 1.09. The first-order valence-corrected chi connectivity index (χ1v) is 15.0. The minimum Gasteiger partial charge on any atom is -0.474 e. The fourth-order valence-electron chi connectivity index (χ4n) is 5.56. The summed E-state index contributed by atoms with van der Waals surface area (Å²) in [5.74, 6) is 1.38. The number of benzene rings is 2. The lowest BCUT2D eigenvalue weighted by molar-refractivity contribution is -0.137. The smallest absolute Gasteiger partial charge is 0.446 e. The van der Waals surface area contributed by atoms with E-state index in [2.05, 4.69) is 25.5 Å². The summed E-state index contributed by atoms with van der Waals surface area (Å²) in [6.07, 6.45) is 2.14. The van der Waals surface area contributed by atoms with Crippen LogP contribution in [-0.4, -0.2) is 46.8 Å². The average Bonchev–Trinajstić information content (AvgIpc) is 2.96. The van der Waals surface area contributed by atoms with Crippen LogP contribution in [0.2, 0.25) is 0 Å². The molecule has 0 radical (unpaired) electrons. The molecule has 1 aliphatic carbocycles. The highest BCUT2D eigenvalue weighted by atomic mass is 32.2. The Labute approximate surface area is 250 Å². The van der Waals surface area contributed by atoms with E-state index in [0.29, 0.717) is 11.6 Å². The molecule has 0 spiro atoms. The monoisotopic (exact) mass is 625 g/mol. The summed E-state index contributed by atoms with van der Waals surface area (Å²) in [4.78, 5) is 11.3. The molecule has 0 atom stereocenters. The van der Waals surface area contributed by atoms with Crippen molar-refractivity contribution in [2.24, 2.45) is 0 Å². The van der Waals surface area contributed by atoms with Crippen molar-refractivity contribution in [1.29, 1.82) is 0 Å². The van der Waals surface area contributed by atoms with E-state index in [1.165, 1.54) is 30.6 Å². The summed E-state index contributed by atoms with van der Waals surface area (Å²) in [7, 11) is 0. The van der Waals surface area contributed by atoms with Crippen molar-refractivity contribution >= 4 is 29.0 Å². The van der Waals surface area contributed by atoms with Crippen LogP contribution in [0.3, 0.4) is 0 Å². The summed E-state index contributed by atoms with van der Waals surface area (Å²) < 4.78 is 82.5. The first-order valence-electron chi connectivity index (χ1n) is 14.2. The molecule has 0 unspecified atom stereocenters. The van der Waals surface area contributed by atoms with Gasteiger partial charge in [0.1, 0.15) is 18.2 Å². The third-order valence-electron chi connectivity index (χ3n) is 7.80. The molecule has 1 aromatic heterocycles. The van der Waals surface area contributed by atoms with Crippen LogP contribution in [0.25, 0.3) is 0 Å². The van der Waals surface area contributed by atoms with Gasteiger partial charge in [-0.2, -0.15) is 26.3 Å². The number of halogens is 6. The zero-order chi connectivity index (χ0) is 30.6. The van der Waals surface area contributed by atoms with Crippen molar-refractivity contribution in [3.05, 3.63) is 66.0 Å². The maximum Gasteiger partial charge on any atom is 0.446 e. The molecule has 2 aliphatic rings. The fourth-order valence-corrected chi connectivity index (χ4v) is 6.10. The number of thioether (sulfide) groups is 1. The number of piperidine rings is 1. The van der Waals surface area contributed by atoms with E-state index < -0.39 is 17.2 Å². The van der Waals surface area contributed by atoms with E-state index in [1.54, 1.807) is 12.1 Å². The van der Waals surface area contributed by atoms with Gasteiger partial charge in [0, 0.05) is 41.4 Å². The Bertz CT molecular complexity index is 1340. The molecule has 2 fully saturated rings. The summed E-state index contributed by atoms with van der Waals surface area (Å²) >= 11 is -0.121. The summed E-state index contributed by atoms with van der Waals surface area (Å²) in [5, 5.41) is 6.76. The van der Waals surface area contributed by atoms with Gasteiger partial charge in [0.15, 0.2) is 0 Å². The fraction of sp³-hybridized carbons (Fsp3) is 0.467. The van der Waals surface area contributed by atoms with Gasteiger partial charge in [-0.1, -0.05) is 0 Å². The predicted octanol–water partition coefficient (Wildman–Crippen LogP) is 8.30. The van der Waals surface area contributed by atoms with Gasteiger partial charge in [-0.25, -0.2) is 9.97 Å². The molecule has 43 heavy (non-hydrogen) atoms. The second-order valence-electron chi connectivity index (χ2n) is 10.9. The van der Waals surface area contributed by atoms with E-state index in [9.17, 15) is 26.3 Å². The molecule has 232 valence electrons. The Morgan fingerprint density at radius 2 is 1.33 bits per heavy atom. The predicted molar refractivity (Wildman–Crippen MR) is 156 cm³/mol. The molecule has 0 amide bonds. The van der Waals surface area contributed by atoms with E-state index in [0.717, 1.165) is 80.8 Å². The summed E-state index contributed by atoms with van der Waals surface area (Å²) in [5.41, 5.74) is -2.63. The second-order valence-corrected chi connectivity index (χ2v) is 12.1. The van der Waals surface area contributed by atoms with Gasteiger partial charge in [0.2, 0.25) is 5.88 Å². The van der Waals surface area contributed by atoms with E-state index in [4.69, 9.17) is 4.74 Å². The standard InChI is InChI=1S/C30H33F6N5OS/c1-19-27(41-16-14-24(15-17-41)40-21-4-2-20(3-5-21)29(31,32)33)37-18-38-28(19)42-25-10-6-22(7-11-25)39-23-8-12-26(13-9-23)43-30(34,35)36/h2-5,8-9,12-13,18,22,24-25,39-40H,6-7,10-11,14-17H2,1H3. The van der Waals surface area contributed by atoms with Crippen molar-refractivity contribution in [2.75, 3.05) is 28.6 Å². The highest BCUT2D eigenvalue weighted by molar-refractivity contribution is 8.00. The lowest BCUT2D eigenvalue weighted by atomic mass is 9.92. The first-order chi connectivity index (χ1) is 20.4. The molecule has 1 saturated carbocycles. The Kier molecular flexibility index (Phi) is 9.48. The van der Waals surface area contributed by atoms with Gasteiger partial charge < -0.3 is 20.3 Å². The molecule has 2 N–H and O–H groups in total. The number of nitrogens with one attached hydrogen (secondary N) is 2. The van der Waals surface area contributed by atoms with Crippen LogP contribution in [0.5, 0.6) is 5.88 Å². The van der Waals surface area contributed by atoms with E-state index >= 15 is 0 Å². The summed E-state index contributed by atoms with van der Waals surface area (Å²) in [6, 6.07) is 11.8. The lowest BCUT2D eigenvalue weighted by Gasteiger charge is -2.35. The average molecular weight is 626 g/mol. The van der Waals surface area contributed by atoms with Crippen LogP contribution in [0.4, 0.5) is 43.5 Å². The number of hydrogen-bond acceptors (Lipinski definition) is 7. The number of nitrogens with zero attached hydrogens (tertiary/aromatic N) is 3. The van der Waals surface area contributed by atoms with Crippen molar-refractivity contribution in [3.63, 3.8) is 0 Å². The van der Waals surface area contributed by atoms with Crippen LogP contribution < -0.4 is 20.3 Å². The van der Waals surface area contributed by atoms with Crippen molar-refractivity contribution in [1.82, 2.24) is 9.97 Å². The molecule has 6 nitrogen and oxygen atoms in total. The third-order valence-corrected chi connectivity index (χ3v) is 8.54. The molecular formula is C30H33F6N5OS. The van der Waals surface area contributed by atoms with Crippen molar-refractivity contribution in [3.8, 4) is 5.88 Å². The van der Waals surface area contributed by atoms with Crippen LogP contribution in [0, 0.1) is 6.92 Å². The van der Waals surface area contributed by atoms with Gasteiger partial charge in [-0.15, -0.1) is 0 Å². The molecule has 13 heteroatoms. The van der Waals surface area contributed by atoms with Gasteiger partial charge in [-0.05, 0) is 106 Å². The molecule has 2 aromatic carbocycles. The van der Waals surface area contributed by atoms with Crippen LogP contribution >= 0.6 is 11.8 Å². The number of hydrogen-bond donors (Lipinski definition) is 2. The molecule has 1 aliphatic heterocycles. The van der Waals surface area contributed by atoms with Gasteiger partial charge in [0.05, 0.1) is 11.1 Å². The highest BCUT2D eigenvalue weighted by Crippen LogP contribution is 2.37. The summed E-state index contributed by atoms with van der Waals surface area (Å²) in [6.45, 7) is 3.43. The zero-order valence-corrected chi connectivity index (χ0v) is 24.3. The van der Waals surface area contributed by atoms with Crippen LogP contribution in [0.15, 0.2) is 59.8 Å². The molecule has 1 saturated heterocycles. The van der Waals surface area contributed by atoms with E-state index in [-0.39, 0.29) is 34.8 Å². The third kappa shape index (κ3) is 8.61.